The quantitative estimate of drug-likeness (QED) is 0.183. The van der Waals surface area contributed by atoms with Crippen LogP contribution >= 0.6 is 0 Å². The molecule has 1 fully saturated rings. The lowest BCUT2D eigenvalue weighted by Crippen LogP contribution is -2.58. The van der Waals surface area contributed by atoms with Crippen molar-refractivity contribution >= 4 is 40.4 Å². The Morgan fingerprint density at radius 2 is 1.20 bits per heavy atom. The molecule has 0 saturated heterocycles. The van der Waals surface area contributed by atoms with Crippen LogP contribution in [0.15, 0.2) is 127 Å². The fourth-order valence-corrected chi connectivity index (χ4v) is 10.7. The molecule has 0 radical (unpaired) electrons. The SMILES string of the molecule is CC12CCCCC1(C)N1C3=C2Oc2cccc4c2B3c2c1cccc2C41c2ccccc2N(c2ccccc2)c2ccccc21. The van der Waals surface area contributed by atoms with Crippen LogP contribution < -0.4 is 25.5 Å². The summed E-state index contributed by atoms with van der Waals surface area (Å²) in [4.78, 5) is 5.23. The van der Waals surface area contributed by atoms with Gasteiger partial charge >= 0.3 is 0 Å². The molecule has 216 valence electrons. The average molecular weight is 581 g/mol. The van der Waals surface area contributed by atoms with E-state index >= 15 is 0 Å². The molecule has 6 aliphatic rings. The normalized spacial score (nSPS) is 25.1. The summed E-state index contributed by atoms with van der Waals surface area (Å²) in [6.07, 6.45) is 4.89. The highest BCUT2D eigenvalue weighted by atomic mass is 16.5. The molecule has 5 aliphatic heterocycles. The van der Waals surface area contributed by atoms with E-state index in [0.29, 0.717) is 0 Å². The average Bonchev–Trinajstić information content (AvgIpc) is 3.54. The molecule has 1 spiro atoms. The number of rotatable bonds is 1. The second-order valence-corrected chi connectivity index (χ2v) is 14.3. The molecule has 2 unspecified atom stereocenters. The van der Waals surface area contributed by atoms with Crippen molar-refractivity contribution in [1.82, 2.24) is 0 Å². The maximum absolute atomic E-state index is 7.24. The molecule has 0 aromatic heterocycles. The van der Waals surface area contributed by atoms with Gasteiger partial charge in [0.1, 0.15) is 11.5 Å². The zero-order chi connectivity index (χ0) is 29.7. The summed E-state index contributed by atoms with van der Waals surface area (Å²) in [6, 6.07) is 43.1. The van der Waals surface area contributed by atoms with E-state index in [1.165, 1.54) is 93.0 Å². The Morgan fingerprint density at radius 3 is 1.96 bits per heavy atom. The summed E-state index contributed by atoms with van der Waals surface area (Å²) in [5.74, 6) is 2.28. The van der Waals surface area contributed by atoms with Crippen molar-refractivity contribution < 1.29 is 4.74 Å². The third kappa shape index (κ3) is 2.52. The van der Waals surface area contributed by atoms with E-state index in [0.717, 1.165) is 5.75 Å². The molecule has 4 heteroatoms. The number of anilines is 4. The van der Waals surface area contributed by atoms with Crippen LogP contribution in [0.3, 0.4) is 0 Å². The van der Waals surface area contributed by atoms with Crippen LogP contribution in [0.1, 0.15) is 61.8 Å². The standard InChI is InChI=1S/C41H33BN2O/c1-39-24-10-11-25-40(39,2)44-33-22-12-18-29-35(33)42-36-30(19-13-23-34(36)45-37(39)38(42)44)41(29)27-16-6-8-20-31(27)43(26-14-4-3-5-15-26)32-21-9-7-17-28(32)41/h3-9,12-23H,10-11,24-25H2,1-2H3. The van der Waals surface area contributed by atoms with Crippen LogP contribution in [0.25, 0.3) is 0 Å². The summed E-state index contributed by atoms with van der Waals surface area (Å²) >= 11 is 0. The van der Waals surface area contributed by atoms with E-state index in [1.54, 1.807) is 0 Å². The Morgan fingerprint density at radius 1 is 0.600 bits per heavy atom. The molecule has 1 aliphatic carbocycles. The highest BCUT2D eigenvalue weighted by Crippen LogP contribution is 2.66. The molecule has 0 bridgehead atoms. The van der Waals surface area contributed by atoms with E-state index in [-0.39, 0.29) is 17.7 Å². The van der Waals surface area contributed by atoms with E-state index in [2.05, 4.69) is 139 Å². The van der Waals surface area contributed by atoms with Gasteiger partial charge in [-0.2, -0.15) is 0 Å². The first-order valence-corrected chi connectivity index (χ1v) is 16.6. The van der Waals surface area contributed by atoms with E-state index in [9.17, 15) is 0 Å². The number of fused-ring (bicyclic) bond motifs is 10. The van der Waals surface area contributed by atoms with Crippen molar-refractivity contribution in [3.05, 3.63) is 149 Å². The third-order valence-electron chi connectivity index (χ3n) is 12.6. The van der Waals surface area contributed by atoms with Crippen LogP contribution in [0, 0.1) is 5.41 Å². The van der Waals surface area contributed by atoms with Gasteiger partial charge < -0.3 is 14.5 Å². The summed E-state index contributed by atoms with van der Waals surface area (Å²) in [5.41, 5.74) is 14.3. The zero-order valence-electron chi connectivity index (χ0n) is 25.7. The van der Waals surface area contributed by atoms with E-state index < -0.39 is 5.41 Å². The van der Waals surface area contributed by atoms with Crippen molar-refractivity contribution in [2.45, 2.75) is 50.5 Å². The summed E-state index contributed by atoms with van der Waals surface area (Å²) in [7, 11) is 0. The fraction of sp³-hybridized carbons (Fsp3) is 0.220. The number of hydrogen-bond acceptors (Lipinski definition) is 3. The lowest BCUT2D eigenvalue weighted by atomic mass is 9.31. The highest BCUT2D eigenvalue weighted by Gasteiger charge is 2.68. The molecule has 0 amide bonds. The Labute approximate surface area is 264 Å². The van der Waals surface area contributed by atoms with Crippen molar-refractivity contribution in [3.63, 3.8) is 0 Å². The Hall–Kier alpha value is -4.70. The minimum Gasteiger partial charge on any atom is -0.461 e. The van der Waals surface area contributed by atoms with Gasteiger partial charge in [-0.3, -0.25) is 0 Å². The molecule has 3 nitrogen and oxygen atoms in total. The molecular formula is C41H33BN2O. The van der Waals surface area contributed by atoms with Crippen molar-refractivity contribution in [2.75, 3.05) is 9.80 Å². The van der Waals surface area contributed by atoms with Crippen LogP contribution in [0.4, 0.5) is 22.7 Å². The molecule has 45 heavy (non-hydrogen) atoms. The molecule has 5 heterocycles. The zero-order valence-corrected chi connectivity index (χ0v) is 25.7. The Kier molecular flexibility index (Phi) is 4.33. The van der Waals surface area contributed by atoms with Gasteiger partial charge in [-0.05, 0) is 89.3 Å². The van der Waals surface area contributed by atoms with Crippen LogP contribution in [0.5, 0.6) is 5.75 Å². The second kappa shape index (κ2) is 7.93. The van der Waals surface area contributed by atoms with Crippen LogP contribution in [-0.2, 0) is 5.41 Å². The number of ether oxygens (including phenoxy) is 1. The molecule has 5 aromatic carbocycles. The first-order chi connectivity index (χ1) is 22.1. The summed E-state index contributed by atoms with van der Waals surface area (Å²) in [5, 5.41) is 0. The van der Waals surface area contributed by atoms with Crippen LogP contribution in [0.2, 0.25) is 0 Å². The Bertz CT molecular complexity index is 2120. The van der Waals surface area contributed by atoms with Gasteiger partial charge in [0, 0.05) is 22.4 Å². The molecule has 0 N–H and O–H groups in total. The number of nitrogens with zero attached hydrogens (tertiary/aromatic N) is 2. The second-order valence-electron chi connectivity index (χ2n) is 14.3. The minimum atomic E-state index is -0.483. The van der Waals surface area contributed by atoms with E-state index in [1.807, 2.05) is 0 Å². The van der Waals surface area contributed by atoms with Gasteiger partial charge in [-0.15, -0.1) is 0 Å². The predicted octanol–water partition coefficient (Wildman–Crippen LogP) is 8.09. The van der Waals surface area contributed by atoms with Crippen LogP contribution in [-0.4, -0.2) is 12.3 Å². The molecule has 1 saturated carbocycles. The van der Waals surface area contributed by atoms with Gasteiger partial charge in [0.25, 0.3) is 6.71 Å². The Balaban J connectivity index is 1.30. The van der Waals surface area contributed by atoms with Crippen molar-refractivity contribution in [2.24, 2.45) is 5.41 Å². The smallest absolute Gasteiger partial charge is 0.274 e. The molecular weight excluding hydrogens is 547 g/mol. The molecule has 2 atom stereocenters. The minimum absolute atomic E-state index is 0.00265. The summed E-state index contributed by atoms with van der Waals surface area (Å²) < 4.78 is 7.24. The first kappa shape index (κ1) is 24.6. The summed E-state index contributed by atoms with van der Waals surface area (Å²) in [6.45, 7) is 5.21. The van der Waals surface area contributed by atoms with E-state index in [4.69, 9.17) is 4.74 Å². The fourth-order valence-electron chi connectivity index (χ4n) is 10.7. The lowest BCUT2D eigenvalue weighted by Gasteiger charge is -2.52. The van der Waals surface area contributed by atoms with Crippen molar-refractivity contribution in [1.29, 1.82) is 0 Å². The van der Waals surface area contributed by atoms with Gasteiger partial charge in [0.15, 0.2) is 0 Å². The monoisotopic (exact) mass is 580 g/mol. The van der Waals surface area contributed by atoms with Gasteiger partial charge in [-0.1, -0.05) is 98.6 Å². The molecule has 5 aromatic rings. The lowest BCUT2D eigenvalue weighted by molar-refractivity contribution is 0.111. The number of para-hydroxylation sites is 3. The van der Waals surface area contributed by atoms with Gasteiger partial charge in [-0.25, -0.2) is 0 Å². The maximum Gasteiger partial charge on any atom is 0.274 e. The first-order valence-electron chi connectivity index (χ1n) is 16.6. The largest absolute Gasteiger partial charge is 0.461 e. The van der Waals surface area contributed by atoms with Crippen molar-refractivity contribution in [3.8, 4) is 5.75 Å². The highest BCUT2D eigenvalue weighted by molar-refractivity contribution is 6.96. The number of hydrogen-bond donors (Lipinski definition) is 0. The third-order valence-corrected chi connectivity index (χ3v) is 12.6. The topological polar surface area (TPSA) is 15.7 Å². The maximum atomic E-state index is 7.24. The number of benzene rings is 5. The van der Waals surface area contributed by atoms with Gasteiger partial charge in [0.2, 0.25) is 0 Å². The predicted molar refractivity (Wildman–Crippen MR) is 183 cm³/mol. The molecule has 11 rings (SSSR count). The van der Waals surface area contributed by atoms with Gasteiger partial charge in [0.05, 0.1) is 22.3 Å².